The molecule has 0 aromatic carbocycles. The Balaban J connectivity index is -0.000000366. The van der Waals surface area contributed by atoms with Gasteiger partial charge in [-0.2, -0.15) is 0 Å². The van der Waals surface area contributed by atoms with Crippen LogP contribution in [-0.4, -0.2) is 14.7 Å². The average Bonchev–Trinajstić information content (AvgIpc) is 2.25. The van der Waals surface area contributed by atoms with E-state index in [1.165, 1.54) is 44.9 Å². The van der Waals surface area contributed by atoms with Crippen molar-refractivity contribution >= 4 is 18.5 Å². The zero-order valence-corrected chi connectivity index (χ0v) is 20.3. The van der Waals surface area contributed by atoms with Crippen molar-refractivity contribution in [2.45, 2.75) is 75.2 Å². The Morgan fingerprint density at radius 3 is 1.63 bits per heavy atom. The van der Waals surface area contributed by atoms with E-state index < -0.39 is 6.72 Å². The smallest absolute Gasteiger partial charge is 0.319 e. The van der Waals surface area contributed by atoms with Gasteiger partial charge in [-0.3, -0.25) is 0 Å². The fourth-order valence-corrected chi connectivity index (χ4v) is 5.75. The van der Waals surface area contributed by atoms with Crippen LogP contribution in [0.3, 0.4) is 0 Å². The van der Waals surface area contributed by atoms with E-state index in [4.69, 9.17) is 14.7 Å². The summed E-state index contributed by atoms with van der Waals surface area (Å²) >= 11 is 3.58. The van der Waals surface area contributed by atoms with E-state index in [1.807, 2.05) is 0 Å². The maximum atomic E-state index is 7.56. The first-order chi connectivity index (χ1) is 8.41. The molecule has 3 nitrogen and oxygen atoms in total. The Bertz CT molecular complexity index is 185. The van der Waals surface area contributed by atoms with Crippen molar-refractivity contribution in [3.8, 4) is 0 Å². The molecule has 0 fully saturated rings. The molecule has 0 radical (unpaired) electrons. The van der Waals surface area contributed by atoms with Crippen LogP contribution in [0.25, 0.3) is 0 Å². The monoisotopic (exact) mass is 412 g/mol. The van der Waals surface area contributed by atoms with Crippen LogP contribution in [0.4, 0.5) is 0 Å². The summed E-state index contributed by atoms with van der Waals surface area (Å²) in [6.07, 6.45) is 11.9. The molecule has 0 bridgehead atoms. The molecule has 0 atom stereocenters. The first-order valence-corrected chi connectivity index (χ1v) is 14.1. The minimum Gasteiger partial charge on any atom is -0.325 e. The second-order valence-corrected chi connectivity index (χ2v) is 11.6. The predicted octanol–water partition coefficient (Wildman–Crippen LogP) is 4.25. The molecule has 0 aliphatic carbocycles. The molecule has 0 aromatic rings. The molecule has 0 aliphatic heterocycles. The summed E-state index contributed by atoms with van der Waals surface area (Å²) < 4.78 is 0. The number of unbranched alkanes of at least 4 members (excludes halogenated alkanes) is 6. The SMILES string of the molecule is CCCCCCC[CH2][Zn][CH2]CCC.OP(O)(O)=S.[Zn]. The molecule has 7 heteroatoms. The third kappa shape index (κ3) is 45.1. The third-order valence-electron chi connectivity index (χ3n) is 2.71. The standard InChI is InChI=1S/C8H17.C4H9.H3O3PS.2Zn/c1-3-5-7-8-6-4-2;1-3-4-2;1-4(2,3)5;;/h1,3-8H2,2H3;1,3-4H2,2H3;(H3,1,2,3,5);;. The second kappa shape index (κ2) is 19.8. The molecular weight excluding hydrogens is 386 g/mol. The maximum absolute atomic E-state index is 7.56. The van der Waals surface area contributed by atoms with Gasteiger partial charge in [-0.1, -0.05) is 0 Å². The summed E-state index contributed by atoms with van der Waals surface area (Å²) in [6, 6.07) is 0. The topological polar surface area (TPSA) is 60.7 Å². The summed E-state index contributed by atoms with van der Waals surface area (Å²) in [5, 5.41) is 3.32. The van der Waals surface area contributed by atoms with Gasteiger partial charge in [0.25, 0.3) is 0 Å². The predicted molar refractivity (Wildman–Crippen MR) is 78.8 cm³/mol. The van der Waals surface area contributed by atoms with Gasteiger partial charge in [0.05, 0.1) is 0 Å². The summed E-state index contributed by atoms with van der Waals surface area (Å²) in [6.45, 7) is 0.799. The minimum absolute atomic E-state index is 0. The minimum atomic E-state index is -3.81. The molecule has 0 rings (SSSR count). The van der Waals surface area contributed by atoms with E-state index in [-0.39, 0.29) is 36.6 Å². The molecule has 110 valence electrons. The van der Waals surface area contributed by atoms with Crippen molar-refractivity contribution in [3.05, 3.63) is 0 Å². The summed E-state index contributed by atoms with van der Waals surface area (Å²) in [5.41, 5.74) is 0. The number of hydrogen-bond donors (Lipinski definition) is 3. The van der Waals surface area contributed by atoms with Crippen LogP contribution in [0, 0.1) is 0 Å². The van der Waals surface area contributed by atoms with Crippen molar-refractivity contribution in [2.75, 3.05) is 0 Å². The maximum Gasteiger partial charge on any atom is 0.319 e. The van der Waals surface area contributed by atoms with Gasteiger partial charge < -0.3 is 14.7 Å². The van der Waals surface area contributed by atoms with Gasteiger partial charge in [-0.05, 0) is 11.8 Å². The summed E-state index contributed by atoms with van der Waals surface area (Å²) in [7, 11) is 0. The van der Waals surface area contributed by atoms with Crippen molar-refractivity contribution in [1.82, 2.24) is 0 Å². The van der Waals surface area contributed by atoms with Crippen LogP contribution in [-0.2, 0) is 48.4 Å². The molecule has 0 aromatic heterocycles. The molecule has 0 spiro atoms. The quantitative estimate of drug-likeness (QED) is 0.284. The normalized spacial score (nSPS) is 9.95. The fourth-order valence-electron chi connectivity index (χ4n) is 1.74. The van der Waals surface area contributed by atoms with E-state index in [0.717, 1.165) is 0 Å². The number of hydrogen-bond acceptors (Lipinski definition) is 1. The van der Waals surface area contributed by atoms with E-state index in [9.17, 15) is 0 Å². The zero-order chi connectivity index (χ0) is 14.3. The number of rotatable bonds is 10. The Morgan fingerprint density at radius 1 is 0.789 bits per heavy atom. The molecule has 0 saturated carbocycles. The molecule has 0 heterocycles. The van der Waals surface area contributed by atoms with Crippen molar-refractivity contribution in [3.63, 3.8) is 0 Å². The van der Waals surface area contributed by atoms with Crippen LogP contribution in [0.1, 0.15) is 65.2 Å². The van der Waals surface area contributed by atoms with Crippen LogP contribution in [0.2, 0.25) is 10.0 Å². The van der Waals surface area contributed by atoms with Crippen LogP contribution in [0.15, 0.2) is 0 Å². The molecule has 0 amide bonds. The van der Waals surface area contributed by atoms with Gasteiger partial charge in [-0.25, -0.2) is 0 Å². The van der Waals surface area contributed by atoms with Crippen LogP contribution >= 0.6 is 6.72 Å². The molecule has 0 aliphatic rings. The van der Waals surface area contributed by atoms with Gasteiger partial charge in [0.1, 0.15) is 0 Å². The summed E-state index contributed by atoms with van der Waals surface area (Å²) in [4.78, 5) is 22.7. The van der Waals surface area contributed by atoms with E-state index in [2.05, 4.69) is 25.7 Å². The first-order valence-electron chi connectivity index (χ1n) is 7.20. The van der Waals surface area contributed by atoms with E-state index in [0.29, 0.717) is 0 Å². The first kappa shape index (κ1) is 25.7. The Morgan fingerprint density at radius 2 is 1.16 bits per heavy atom. The molecule has 0 saturated heterocycles. The molecule has 19 heavy (non-hydrogen) atoms. The molecular formula is C12H29O3PSZn2. The summed E-state index contributed by atoms with van der Waals surface area (Å²) in [5.74, 6) is 0. The van der Waals surface area contributed by atoms with Gasteiger partial charge in [0, 0.05) is 19.5 Å². The van der Waals surface area contributed by atoms with Gasteiger partial charge >= 0.3 is 99.1 Å². The van der Waals surface area contributed by atoms with Crippen molar-refractivity contribution in [1.29, 1.82) is 0 Å². The Hall–Kier alpha value is 1.78. The van der Waals surface area contributed by atoms with Gasteiger partial charge in [-0.15, -0.1) is 0 Å². The fraction of sp³-hybridized carbons (Fsp3) is 1.00. The van der Waals surface area contributed by atoms with Crippen molar-refractivity contribution in [2.24, 2.45) is 0 Å². The van der Waals surface area contributed by atoms with Crippen LogP contribution in [0.5, 0.6) is 0 Å². The average molecular weight is 415 g/mol. The van der Waals surface area contributed by atoms with Gasteiger partial charge in [0.2, 0.25) is 0 Å². The zero-order valence-electron chi connectivity index (χ0n) is 12.7. The van der Waals surface area contributed by atoms with Crippen LogP contribution < -0.4 is 0 Å². The molecule has 0 unspecified atom stereocenters. The molecule has 3 N–H and O–H groups in total. The van der Waals surface area contributed by atoms with E-state index >= 15 is 0 Å². The Labute approximate surface area is 144 Å². The van der Waals surface area contributed by atoms with Gasteiger partial charge in [0.15, 0.2) is 0 Å². The largest absolute Gasteiger partial charge is 0.325 e. The van der Waals surface area contributed by atoms with E-state index in [1.54, 1.807) is 16.5 Å². The third-order valence-corrected chi connectivity index (χ3v) is 6.90. The second-order valence-electron chi connectivity index (χ2n) is 4.70. The van der Waals surface area contributed by atoms with Crippen molar-refractivity contribution < 1.29 is 51.3 Å². The Kier molecular flexibility index (Phi) is 26.8.